The van der Waals surface area contributed by atoms with Gasteiger partial charge < -0.3 is 9.64 Å². The molecule has 3 heteroatoms. The summed E-state index contributed by atoms with van der Waals surface area (Å²) >= 11 is 0. The fraction of sp³-hybridized carbons (Fsp3) is 0.417. The van der Waals surface area contributed by atoms with Gasteiger partial charge in [0.2, 0.25) is 5.78 Å². The van der Waals surface area contributed by atoms with Crippen LogP contribution in [0.3, 0.4) is 0 Å². The van der Waals surface area contributed by atoms with Crippen molar-refractivity contribution >= 4 is 5.78 Å². The lowest BCUT2D eigenvalue weighted by Gasteiger charge is -2.13. The van der Waals surface area contributed by atoms with E-state index in [1.54, 1.807) is 0 Å². The zero-order valence-electron chi connectivity index (χ0n) is 8.86. The predicted octanol–water partition coefficient (Wildman–Crippen LogP) is 1.33. The Labute approximate surface area is 88.6 Å². The van der Waals surface area contributed by atoms with Crippen LogP contribution in [0, 0.1) is 0 Å². The Morgan fingerprint density at radius 2 is 2.13 bits per heavy atom. The molecule has 3 rings (SSSR count). The molecule has 1 aliphatic heterocycles. The summed E-state index contributed by atoms with van der Waals surface area (Å²) in [6.45, 7) is 0. The second kappa shape index (κ2) is 2.61. The quantitative estimate of drug-likeness (QED) is 0.689. The highest BCUT2D eigenvalue weighted by Crippen LogP contribution is 2.51. The molecular formula is C12H13NO2. The average molecular weight is 203 g/mol. The van der Waals surface area contributed by atoms with Crippen molar-refractivity contribution in [3.05, 3.63) is 29.8 Å². The number of ketones is 1. The number of para-hydroxylation sites is 1. The van der Waals surface area contributed by atoms with Crippen molar-refractivity contribution in [2.75, 3.05) is 14.1 Å². The molecule has 15 heavy (non-hydrogen) atoms. The fourth-order valence-corrected chi connectivity index (χ4v) is 2.40. The molecule has 1 aromatic carbocycles. The Kier molecular flexibility index (Phi) is 1.55. The highest BCUT2D eigenvalue weighted by Gasteiger charge is 2.67. The number of carbonyl (C=O) groups excluding carboxylic acids is 1. The van der Waals surface area contributed by atoms with Gasteiger partial charge in [0.05, 0.1) is 11.6 Å². The molecule has 1 fully saturated rings. The minimum absolute atomic E-state index is 0.150. The Morgan fingerprint density at radius 3 is 2.73 bits per heavy atom. The number of benzene rings is 1. The van der Waals surface area contributed by atoms with E-state index in [-0.39, 0.29) is 11.8 Å². The summed E-state index contributed by atoms with van der Waals surface area (Å²) in [6, 6.07) is 7.73. The molecule has 3 nitrogen and oxygen atoms in total. The van der Waals surface area contributed by atoms with Gasteiger partial charge in [-0.05, 0) is 26.2 Å². The third-order valence-corrected chi connectivity index (χ3v) is 3.31. The number of ether oxygens (including phenoxy) is 1. The van der Waals surface area contributed by atoms with Gasteiger partial charge in [0.15, 0.2) is 5.60 Å². The van der Waals surface area contributed by atoms with Crippen molar-refractivity contribution < 1.29 is 9.53 Å². The molecule has 0 radical (unpaired) electrons. The highest BCUT2D eigenvalue weighted by molar-refractivity contribution is 6.10. The Bertz CT molecular complexity index is 441. The molecule has 1 spiro atoms. The Morgan fingerprint density at radius 1 is 1.40 bits per heavy atom. The summed E-state index contributed by atoms with van der Waals surface area (Å²) in [5.41, 5.74) is 0.176. The molecule has 0 amide bonds. The van der Waals surface area contributed by atoms with Crippen LogP contribution in [0.5, 0.6) is 5.75 Å². The molecule has 0 bridgehead atoms. The number of Topliss-reactive ketones (excluding diaryl/α,β-unsaturated/α-hetero) is 1. The van der Waals surface area contributed by atoms with Crippen LogP contribution in [-0.4, -0.2) is 36.4 Å². The second-order valence-corrected chi connectivity index (χ2v) is 4.50. The first kappa shape index (κ1) is 8.92. The Hall–Kier alpha value is -1.35. The zero-order chi connectivity index (χ0) is 10.6. The van der Waals surface area contributed by atoms with E-state index >= 15 is 0 Å². The SMILES string of the molecule is CN(C)C1CC12Oc1ccccc1C2=O. The topological polar surface area (TPSA) is 29.5 Å². The van der Waals surface area contributed by atoms with E-state index in [4.69, 9.17) is 4.74 Å². The maximum absolute atomic E-state index is 12.1. The lowest BCUT2D eigenvalue weighted by atomic mass is 10.1. The van der Waals surface area contributed by atoms with Crippen LogP contribution >= 0.6 is 0 Å². The molecule has 0 saturated heterocycles. The molecule has 1 aromatic rings. The molecule has 0 aromatic heterocycles. The van der Waals surface area contributed by atoms with Gasteiger partial charge in [-0.1, -0.05) is 12.1 Å². The summed E-state index contributed by atoms with van der Waals surface area (Å²) in [7, 11) is 3.97. The normalized spacial score (nSPS) is 31.9. The van der Waals surface area contributed by atoms with Gasteiger partial charge in [0.1, 0.15) is 5.75 Å². The average Bonchev–Trinajstić information content (AvgIpc) is 2.86. The summed E-state index contributed by atoms with van der Waals surface area (Å²) in [6.07, 6.45) is 0.813. The largest absolute Gasteiger partial charge is 0.477 e. The summed E-state index contributed by atoms with van der Waals surface area (Å²) in [5.74, 6) is 0.892. The van der Waals surface area contributed by atoms with Crippen molar-refractivity contribution in [3.8, 4) is 5.75 Å². The smallest absolute Gasteiger partial charge is 0.211 e. The van der Waals surface area contributed by atoms with Crippen molar-refractivity contribution in [1.29, 1.82) is 0 Å². The van der Waals surface area contributed by atoms with Crippen LogP contribution in [0.2, 0.25) is 0 Å². The first-order chi connectivity index (χ1) is 7.15. The third-order valence-electron chi connectivity index (χ3n) is 3.31. The summed E-state index contributed by atoms with van der Waals surface area (Å²) in [5, 5.41) is 0. The van der Waals surface area contributed by atoms with Crippen LogP contribution in [0.1, 0.15) is 16.8 Å². The van der Waals surface area contributed by atoms with E-state index < -0.39 is 5.60 Å². The minimum atomic E-state index is -0.562. The maximum atomic E-state index is 12.1. The monoisotopic (exact) mass is 203 g/mol. The summed E-state index contributed by atoms with van der Waals surface area (Å²) < 4.78 is 5.80. The Balaban J connectivity index is 1.99. The van der Waals surface area contributed by atoms with Crippen molar-refractivity contribution in [1.82, 2.24) is 4.90 Å². The van der Waals surface area contributed by atoms with E-state index in [0.717, 1.165) is 17.7 Å². The van der Waals surface area contributed by atoms with E-state index in [2.05, 4.69) is 4.90 Å². The lowest BCUT2D eigenvalue weighted by molar-refractivity contribution is 0.0772. The molecule has 78 valence electrons. The number of nitrogens with zero attached hydrogens (tertiary/aromatic N) is 1. The van der Waals surface area contributed by atoms with Crippen molar-refractivity contribution in [2.24, 2.45) is 0 Å². The van der Waals surface area contributed by atoms with Crippen LogP contribution in [0.25, 0.3) is 0 Å². The van der Waals surface area contributed by atoms with Gasteiger partial charge in [0, 0.05) is 6.42 Å². The third kappa shape index (κ3) is 1.01. The standard InChI is InChI=1S/C12H13NO2/c1-13(2)10-7-12(10)11(14)8-5-3-4-6-9(8)15-12/h3-6,10H,7H2,1-2H3. The van der Waals surface area contributed by atoms with Crippen LogP contribution in [0.4, 0.5) is 0 Å². The summed E-state index contributed by atoms with van der Waals surface area (Å²) in [4.78, 5) is 14.2. The molecular weight excluding hydrogens is 190 g/mol. The minimum Gasteiger partial charge on any atom is -0.477 e. The van der Waals surface area contributed by atoms with Gasteiger partial charge >= 0.3 is 0 Å². The molecule has 2 unspecified atom stereocenters. The van der Waals surface area contributed by atoms with E-state index in [1.807, 2.05) is 38.4 Å². The molecule has 2 atom stereocenters. The molecule has 2 aliphatic rings. The molecule has 1 saturated carbocycles. The number of hydrogen-bond acceptors (Lipinski definition) is 3. The van der Waals surface area contributed by atoms with E-state index in [9.17, 15) is 4.79 Å². The van der Waals surface area contributed by atoms with Crippen molar-refractivity contribution in [3.63, 3.8) is 0 Å². The van der Waals surface area contributed by atoms with Crippen LogP contribution in [0.15, 0.2) is 24.3 Å². The zero-order valence-corrected chi connectivity index (χ0v) is 8.86. The van der Waals surface area contributed by atoms with Gasteiger partial charge in [-0.25, -0.2) is 0 Å². The first-order valence-corrected chi connectivity index (χ1v) is 5.14. The molecule has 0 N–H and O–H groups in total. The predicted molar refractivity (Wildman–Crippen MR) is 56.2 cm³/mol. The lowest BCUT2D eigenvalue weighted by Crippen LogP contribution is -2.33. The van der Waals surface area contributed by atoms with Crippen LogP contribution < -0.4 is 4.74 Å². The number of rotatable bonds is 1. The van der Waals surface area contributed by atoms with Gasteiger partial charge in [0.25, 0.3) is 0 Å². The van der Waals surface area contributed by atoms with Gasteiger partial charge in [-0.2, -0.15) is 0 Å². The van der Waals surface area contributed by atoms with Gasteiger partial charge in [-0.15, -0.1) is 0 Å². The molecule has 1 aliphatic carbocycles. The van der Waals surface area contributed by atoms with E-state index in [1.165, 1.54) is 0 Å². The van der Waals surface area contributed by atoms with Crippen molar-refractivity contribution in [2.45, 2.75) is 18.1 Å². The number of hydrogen-bond donors (Lipinski definition) is 0. The number of carbonyl (C=O) groups is 1. The van der Waals surface area contributed by atoms with E-state index in [0.29, 0.717) is 0 Å². The second-order valence-electron chi connectivity index (χ2n) is 4.50. The van der Waals surface area contributed by atoms with Gasteiger partial charge in [-0.3, -0.25) is 4.79 Å². The van der Waals surface area contributed by atoms with Crippen LogP contribution in [-0.2, 0) is 0 Å². The molecule has 1 heterocycles. The first-order valence-electron chi connectivity index (χ1n) is 5.14. The highest BCUT2D eigenvalue weighted by atomic mass is 16.5. The number of fused-ring (bicyclic) bond motifs is 1. The number of likely N-dealkylation sites (N-methyl/N-ethyl adjacent to an activating group) is 1. The fourth-order valence-electron chi connectivity index (χ4n) is 2.40. The maximum Gasteiger partial charge on any atom is 0.211 e.